The quantitative estimate of drug-likeness (QED) is 0.700. The molecule has 1 rings (SSSR count). The topological polar surface area (TPSA) is 87.5 Å². The first-order chi connectivity index (χ1) is 9.06. The van der Waals surface area contributed by atoms with Crippen molar-refractivity contribution in [2.24, 2.45) is 0 Å². The van der Waals surface area contributed by atoms with Gasteiger partial charge in [0.25, 0.3) is 0 Å². The van der Waals surface area contributed by atoms with E-state index in [-0.39, 0.29) is 18.5 Å². The highest BCUT2D eigenvalue weighted by Gasteiger charge is 2.15. The molecule has 4 N–H and O–H groups in total. The van der Waals surface area contributed by atoms with Gasteiger partial charge >= 0.3 is 6.03 Å². The first-order valence-electron chi connectivity index (χ1n) is 6.25. The van der Waals surface area contributed by atoms with E-state index in [0.717, 1.165) is 0 Å². The van der Waals surface area contributed by atoms with Gasteiger partial charge in [0.15, 0.2) is 0 Å². The summed E-state index contributed by atoms with van der Waals surface area (Å²) in [5, 5.41) is 5.37. The fraction of sp³-hybridized carbons (Fsp3) is 0.385. The highest BCUT2D eigenvalue weighted by molar-refractivity contribution is 5.92. The number of nitrogens with zero attached hydrogens (tertiary/aromatic N) is 1. The van der Waals surface area contributed by atoms with Crippen LogP contribution in [0.1, 0.15) is 13.8 Å². The molecule has 0 fully saturated rings. The number of urea groups is 1. The third-order valence-corrected chi connectivity index (χ3v) is 2.52. The van der Waals surface area contributed by atoms with Crippen molar-refractivity contribution >= 4 is 23.3 Å². The molecule has 19 heavy (non-hydrogen) atoms. The van der Waals surface area contributed by atoms with Gasteiger partial charge in [0.05, 0.1) is 0 Å². The molecule has 1 aromatic carbocycles. The molecular formula is C13H20N4O2. The Morgan fingerprint density at radius 1 is 1.32 bits per heavy atom. The molecule has 0 bridgehead atoms. The summed E-state index contributed by atoms with van der Waals surface area (Å²) in [7, 11) is 0. The summed E-state index contributed by atoms with van der Waals surface area (Å²) in [5.74, 6) is -0.174. The third kappa shape index (κ3) is 4.87. The molecule has 0 heterocycles. The minimum absolute atomic E-state index is 0.0402. The monoisotopic (exact) mass is 264 g/mol. The smallest absolute Gasteiger partial charge is 0.322 e. The number of anilines is 2. The lowest BCUT2D eigenvalue weighted by atomic mass is 10.3. The molecule has 3 amide bonds. The second-order valence-corrected chi connectivity index (χ2v) is 4.02. The maximum absolute atomic E-state index is 12.0. The van der Waals surface area contributed by atoms with E-state index in [1.807, 2.05) is 13.8 Å². The summed E-state index contributed by atoms with van der Waals surface area (Å²) < 4.78 is 0. The van der Waals surface area contributed by atoms with Crippen molar-refractivity contribution < 1.29 is 9.59 Å². The van der Waals surface area contributed by atoms with E-state index in [0.29, 0.717) is 24.5 Å². The Morgan fingerprint density at radius 3 is 2.63 bits per heavy atom. The summed E-state index contributed by atoms with van der Waals surface area (Å²) in [6, 6.07) is 6.58. The number of carbonyl (C=O) groups is 2. The Hall–Kier alpha value is -2.24. The van der Waals surface area contributed by atoms with E-state index in [4.69, 9.17) is 5.73 Å². The van der Waals surface area contributed by atoms with Crippen molar-refractivity contribution in [2.45, 2.75) is 13.8 Å². The Bertz CT molecular complexity index is 448. The van der Waals surface area contributed by atoms with E-state index in [1.54, 1.807) is 24.3 Å². The van der Waals surface area contributed by atoms with Crippen LogP contribution in [0.5, 0.6) is 0 Å². The van der Waals surface area contributed by atoms with Crippen LogP contribution in [0.3, 0.4) is 0 Å². The molecule has 0 aromatic heterocycles. The van der Waals surface area contributed by atoms with Crippen molar-refractivity contribution in [3.63, 3.8) is 0 Å². The molecule has 1 aromatic rings. The second-order valence-electron chi connectivity index (χ2n) is 4.02. The van der Waals surface area contributed by atoms with E-state index >= 15 is 0 Å². The summed E-state index contributed by atoms with van der Waals surface area (Å²) in [5.41, 5.74) is 6.82. The standard InChI is InChI=1S/C13H20N4O2/c1-3-15-12(18)9-17(4-2)13(19)16-11-7-5-6-10(14)8-11/h5-8H,3-4,9,14H2,1-2H3,(H,15,18)(H,16,19). The van der Waals surface area contributed by atoms with Crippen LogP contribution in [0.4, 0.5) is 16.2 Å². The maximum Gasteiger partial charge on any atom is 0.322 e. The summed E-state index contributed by atoms with van der Waals surface area (Å²) in [4.78, 5) is 24.9. The van der Waals surface area contributed by atoms with Crippen LogP contribution in [0, 0.1) is 0 Å². The number of hydrogen-bond donors (Lipinski definition) is 3. The van der Waals surface area contributed by atoms with Crippen LogP contribution in [-0.2, 0) is 4.79 Å². The van der Waals surface area contributed by atoms with Crippen LogP contribution in [0.25, 0.3) is 0 Å². The number of nitrogens with two attached hydrogens (primary N) is 1. The number of nitrogen functional groups attached to an aromatic ring is 1. The SMILES string of the molecule is CCNC(=O)CN(CC)C(=O)Nc1cccc(N)c1. The number of likely N-dealkylation sites (N-methyl/N-ethyl adjacent to an activating group) is 2. The fourth-order valence-electron chi connectivity index (χ4n) is 1.57. The Balaban J connectivity index is 2.61. The number of amides is 3. The number of hydrogen-bond acceptors (Lipinski definition) is 3. The van der Waals surface area contributed by atoms with Crippen LogP contribution in [0.2, 0.25) is 0 Å². The largest absolute Gasteiger partial charge is 0.399 e. The fourth-order valence-corrected chi connectivity index (χ4v) is 1.57. The minimum Gasteiger partial charge on any atom is -0.399 e. The summed E-state index contributed by atoms with van der Waals surface area (Å²) >= 11 is 0. The molecule has 0 aliphatic rings. The van der Waals surface area contributed by atoms with E-state index in [9.17, 15) is 9.59 Å². The third-order valence-electron chi connectivity index (χ3n) is 2.52. The number of rotatable bonds is 5. The van der Waals surface area contributed by atoms with Gasteiger partial charge in [-0.1, -0.05) is 6.07 Å². The van der Waals surface area contributed by atoms with E-state index in [1.165, 1.54) is 4.90 Å². The molecule has 0 unspecified atom stereocenters. The molecule has 0 aliphatic carbocycles. The number of benzene rings is 1. The Labute approximate surface area is 113 Å². The maximum atomic E-state index is 12.0. The van der Waals surface area contributed by atoms with Crippen LogP contribution in [0.15, 0.2) is 24.3 Å². The van der Waals surface area contributed by atoms with Gasteiger partial charge in [-0.3, -0.25) is 4.79 Å². The van der Waals surface area contributed by atoms with Gasteiger partial charge in [-0.05, 0) is 32.0 Å². The predicted molar refractivity (Wildman–Crippen MR) is 75.8 cm³/mol. The summed E-state index contributed by atoms with van der Waals surface area (Å²) in [6.07, 6.45) is 0. The highest BCUT2D eigenvalue weighted by atomic mass is 16.2. The number of nitrogens with one attached hydrogen (secondary N) is 2. The van der Waals surface area contributed by atoms with Gasteiger partial charge in [0.2, 0.25) is 5.91 Å². The molecular weight excluding hydrogens is 244 g/mol. The van der Waals surface area contributed by atoms with Gasteiger partial charge in [0.1, 0.15) is 6.54 Å². The normalized spacial score (nSPS) is 9.79. The first-order valence-corrected chi connectivity index (χ1v) is 6.25. The summed E-state index contributed by atoms with van der Waals surface area (Å²) in [6.45, 7) is 4.69. The van der Waals surface area contributed by atoms with Gasteiger partial charge < -0.3 is 21.3 Å². The number of carbonyl (C=O) groups excluding carboxylic acids is 2. The zero-order chi connectivity index (χ0) is 14.3. The van der Waals surface area contributed by atoms with E-state index in [2.05, 4.69) is 10.6 Å². The second kappa shape index (κ2) is 7.25. The molecule has 0 saturated carbocycles. The van der Waals surface area contributed by atoms with Crippen LogP contribution < -0.4 is 16.4 Å². The Kier molecular flexibility index (Phi) is 5.66. The van der Waals surface area contributed by atoms with Crippen molar-refractivity contribution in [1.82, 2.24) is 10.2 Å². The molecule has 0 spiro atoms. The zero-order valence-corrected chi connectivity index (χ0v) is 11.3. The van der Waals surface area contributed by atoms with Gasteiger partial charge in [-0.25, -0.2) is 4.79 Å². The Morgan fingerprint density at radius 2 is 2.05 bits per heavy atom. The molecule has 6 nitrogen and oxygen atoms in total. The van der Waals surface area contributed by atoms with Crippen molar-refractivity contribution in [2.75, 3.05) is 30.7 Å². The average molecular weight is 264 g/mol. The van der Waals surface area contributed by atoms with Crippen molar-refractivity contribution in [1.29, 1.82) is 0 Å². The lowest BCUT2D eigenvalue weighted by Gasteiger charge is -2.20. The van der Waals surface area contributed by atoms with Crippen LogP contribution >= 0.6 is 0 Å². The first kappa shape index (κ1) is 14.8. The average Bonchev–Trinajstić information content (AvgIpc) is 2.36. The van der Waals surface area contributed by atoms with Gasteiger partial charge in [-0.2, -0.15) is 0 Å². The molecule has 0 radical (unpaired) electrons. The highest BCUT2D eigenvalue weighted by Crippen LogP contribution is 2.12. The lowest BCUT2D eigenvalue weighted by molar-refractivity contribution is -0.121. The molecule has 6 heteroatoms. The van der Waals surface area contributed by atoms with Gasteiger partial charge in [-0.15, -0.1) is 0 Å². The molecule has 0 saturated heterocycles. The zero-order valence-electron chi connectivity index (χ0n) is 11.3. The predicted octanol–water partition coefficient (Wildman–Crippen LogP) is 1.26. The van der Waals surface area contributed by atoms with Crippen molar-refractivity contribution in [3.8, 4) is 0 Å². The van der Waals surface area contributed by atoms with Crippen molar-refractivity contribution in [3.05, 3.63) is 24.3 Å². The van der Waals surface area contributed by atoms with Crippen LogP contribution in [-0.4, -0.2) is 36.5 Å². The minimum atomic E-state index is -0.320. The van der Waals surface area contributed by atoms with Gasteiger partial charge in [0, 0.05) is 24.5 Å². The molecule has 104 valence electrons. The van der Waals surface area contributed by atoms with E-state index < -0.39 is 0 Å². The molecule has 0 atom stereocenters. The molecule has 0 aliphatic heterocycles. The lowest BCUT2D eigenvalue weighted by Crippen LogP contribution is -2.42.